The van der Waals surface area contributed by atoms with Gasteiger partial charge in [-0.3, -0.25) is 4.98 Å². The van der Waals surface area contributed by atoms with Gasteiger partial charge in [0.1, 0.15) is 5.75 Å². The Hall–Kier alpha value is -1.09. The molecule has 0 saturated carbocycles. The standard InChI is InChI=1S/C11H16N2O/c1-8-6-9(7-12-2)11-10(14-8)4-3-5-13-11/h3-5,8-9,12H,6-7H2,1-2H3/t8-,9-/m0/s1. The van der Waals surface area contributed by atoms with E-state index in [9.17, 15) is 0 Å². The van der Waals surface area contributed by atoms with E-state index in [-0.39, 0.29) is 0 Å². The Bertz CT molecular complexity index is 314. The second-order valence-electron chi connectivity index (χ2n) is 3.81. The van der Waals surface area contributed by atoms with E-state index in [1.54, 1.807) is 0 Å². The average Bonchev–Trinajstić information content (AvgIpc) is 2.18. The van der Waals surface area contributed by atoms with Crippen molar-refractivity contribution in [2.45, 2.75) is 25.4 Å². The van der Waals surface area contributed by atoms with Crippen molar-refractivity contribution in [1.82, 2.24) is 10.3 Å². The molecule has 0 aliphatic carbocycles. The molecule has 2 atom stereocenters. The number of hydrogen-bond acceptors (Lipinski definition) is 3. The van der Waals surface area contributed by atoms with Gasteiger partial charge in [0.2, 0.25) is 0 Å². The first-order valence-corrected chi connectivity index (χ1v) is 5.07. The van der Waals surface area contributed by atoms with Crippen LogP contribution in [-0.4, -0.2) is 24.7 Å². The summed E-state index contributed by atoms with van der Waals surface area (Å²) in [6, 6.07) is 3.92. The molecule has 14 heavy (non-hydrogen) atoms. The SMILES string of the molecule is CNC[C@@H]1C[C@H](C)Oc2cccnc21. The van der Waals surface area contributed by atoms with Crippen LogP contribution in [0.2, 0.25) is 0 Å². The zero-order valence-electron chi connectivity index (χ0n) is 8.66. The second kappa shape index (κ2) is 3.96. The van der Waals surface area contributed by atoms with Gasteiger partial charge in [-0.2, -0.15) is 0 Å². The summed E-state index contributed by atoms with van der Waals surface area (Å²) in [5, 5.41) is 3.20. The van der Waals surface area contributed by atoms with Gasteiger partial charge in [-0.05, 0) is 32.5 Å². The normalized spacial score (nSPS) is 25.3. The molecular formula is C11H16N2O. The molecule has 3 heteroatoms. The minimum atomic E-state index is 0.296. The van der Waals surface area contributed by atoms with Gasteiger partial charge in [-0.1, -0.05) is 0 Å². The summed E-state index contributed by atoms with van der Waals surface area (Å²) in [6.45, 7) is 3.08. The molecule has 1 aliphatic heterocycles. The lowest BCUT2D eigenvalue weighted by Gasteiger charge is -2.29. The summed E-state index contributed by atoms with van der Waals surface area (Å²) in [7, 11) is 1.97. The largest absolute Gasteiger partial charge is 0.489 e. The topological polar surface area (TPSA) is 34.1 Å². The number of likely N-dealkylation sites (N-methyl/N-ethyl adjacent to an activating group) is 1. The van der Waals surface area contributed by atoms with Crippen molar-refractivity contribution in [3.8, 4) is 5.75 Å². The summed E-state index contributed by atoms with van der Waals surface area (Å²) < 4.78 is 5.72. The van der Waals surface area contributed by atoms with Crippen LogP contribution in [0.25, 0.3) is 0 Å². The van der Waals surface area contributed by atoms with Gasteiger partial charge in [0.05, 0.1) is 11.8 Å². The minimum Gasteiger partial charge on any atom is -0.489 e. The number of aromatic nitrogens is 1. The van der Waals surface area contributed by atoms with Crippen LogP contribution >= 0.6 is 0 Å². The number of fused-ring (bicyclic) bond motifs is 1. The highest BCUT2D eigenvalue weighted by atomic mass is 16.5. The molecule has 0 saturated heterocycles. The van der Waals surface area contributed by atoms with Gasteiger partial charge in [0.15, 0.2) is 0 Å². The van der Waals surface area contributed by atoms with Crippen molar-refractivity contribution < 1.29 is 4.74 Å². The molecule has 2 rings (SSSR count). The van der Waals surface area contributed by atoms with E-state index >= 15 is 0 Å². The zero-order valence-corrected chi connectivity index (χ0v) is 8.66. The van der Waals surface area contributed by atoms with Crippen molar-refractivity contribution >= 4 is 0 Å². The highest BCUT2D eigenvalue weighted by molar-refractivity contribution is 5.32. The molecule has 1 aromatic rings. The van der Waals surface area contributed by atoms with E-state index in [0.717, 1.165) is 24.4 Å². The predicted molar refractivity (Wildman–Crippen MR) is 55.6 cm³/mol. The molecule has 1 aromatic heterocycles. The Kier molecular flexibility index (Phi) is 2.68. The van der Waals surface area contributed by atoms with Crippen LogP contribution in [-0.2, 0) is 0 Å². The van der Waals surface area contributed by atoms with Crippen LogP contribution in [0.3, 0.4) is 0 Å². The number of ether oxygens (including phenoxy) is 1. The molecular weight excluding hydrogens is 176 g/mol. The molecule has 0 spiro atoms. The van der Waals surface area contributed by atoms with E-state index in [4.69, 9.17) is 4.74 Å². The van der Waals surface area contributed by atoms with Crippen LogP contribution < -0.4 is 10.1 Å². The number of nitrogens with zero attached hydrogens (tertiary/aromatic N) is 1. The quantitative estimate of drug-likeness (QED) is 0.772. The van der Waals surface area contributed by atoms with Crippen LogP contribution in [0.5, 0.6) is 5.75 Å². The van der Waals surface area contributed by atoms with Gasteiger partial charge < -0.3 is 10.1 Å². The zero-order chi connectivity index (χ0) is 9.97. The van der Waals surface area contributed by atoms with Crippen molar-refractivity contribution in [2.75, 3.05) is 13.6 Å². The molecule has 0 amide bonds. The summed E-state index contributed by atoms with van der Waals surface area (Å²) in [4.78, 5) is 4.39. The molecule has 0 bridgehead atoms. The van der Waals surface area contributed by atoms with E-state index < -0.39 is 0 Å². The van der Waals surface area contributed by atoms with E-state index in [1.807, 2.05) is 25.4 Å². The second-order valence-corrected chi connectivity index (χ2v) is 3.81. The Morgan fingerprint density at radius 2 is 2.50 bits per heavy atom. The molecule has 2 heterocycles. The van der Waals surface area contributed by atoms with Crippen LogP contribution in [0.15, 0.2) is 18.3 Å². The van der Waals surface area contributed by atoms with Gasteiger partial charge in [0.25, 0.3) is 0 Å². The van der Waals surface area contributed by atoms with Crippen LogP contribution in [0.1, 0.15) is 25.0 Å². The average molecular weight is 192 g/mol. The molecule has 0 fully saturated rings. The van der Waals surface area contributed by atoms with Crippen molar-refractivity contribution in [1.29, 1.82) is 0 Å². The third-order valence-corrected chi connectivity index (χ3v) is 2.58. The lowest BCUT2D eigenvalue weighted by Crippen LogP contribution is -2.29. The molecule has 1 N–H and O–H groups in total. The first kappa shape index (κ1) is 9.46. The van der Waals surface area contributed by atoms with Gasteiger partial charge in [0, 0.05) is 18.7 Å². The van der Waals surface area contributed by atoms with Crippen molar-refractivity contribution in [2.24, 2.45) is 0 Å². The molecule has 3 nitrogen and oxygen atoms in total. The van der Waals surface area contributed by atoms with E-state index in [0.29, 0.717) is 12.0 Å². The van der Waals surface area contributed by atoms with Gasteiger partial charge in [-0.25, -0.2) is 0 Å². The monoisotopic (exact) mass is 192 g/mol. The summed E-state index contributed by atoms with van der Waals surface area (Å²) in [5.41, 5.74) is 1.10. The Labute approximate surface area is 84.5 Å². The number of rotatable bonds is 2. The Morgan fingerprint density at radius 3 is 3.29 bits per heavy atom. The van der Waals surface area contributed by atoms with Crippen molar-refractivity contribution in [3.63, 3.8) is 0 Å². The summed E-state index contributed by atoms with van der Waals surface area (Å²) >= 11 is 0. The highest BCUT2D eigenvalue weighted by Gasteiger charge is 2.25. The van der Waals surface area contributed by atoms with Crippen molar-refractivity contribution in [3.05, 3.63) is 24.0 Å². The maximum absolute atomic E-state index is 5.72. The van der Waals surface area contributed by atoms with E-state index in [1.165, 1.54) is 0 Å². The molecule has 0 aromatic carbocycles. The van der Waals surface area contributed by atoms with Gasteiger partial charge in [-0.15, -0.1) is 0 Å². The fraction of sp³-hybridized carbons (Fsp3) is 0.545. The summed E-state index contributed by atoms with van der Waals surface area (Å²) in [5.74, 6) is 1.44. The number of hydrogen-bond donors (Lipinski definition) is 1. The Morgan fingerprint density at radius 1 is 1.64 bits per heavy atom. The van der Waals surface area contributed by atoms with E-state index in [2.05, 4.69) is 17.2 Å². The Balaban J connectivity index is 2.28. The molecule has 0 unspecified atom stereocenters. The molecule has 76 valence electrons. The third-order valence-electron chi connectivity index (χ3n) is 2.58. The number of pyridine rings is 1. The lowest BCUT2D eigenvalue weighted by atomic mass is 9.94. The maximum atomic E-state index is 5.72. The fourth-order valence-electron chi connectivity index (χ4n) is 2.01. The molecule has 0 radical (unpaired) electrons. The lowest BCUT2D eigenvalue weighted by molar-refractivity contribution is 0.172. The highest BCUT2D eigenvalue weighted by Crippen LogP contribution is 2.33. The summed E-state index contributed by atoms with van der Waals surface area (Å²) in [6.07, 6.45) is 3.18. The van der Waals surface area contributed by atoms with Crippen LogP contribution in [0.4, 0.5) is 0 Å². The first-order chi connectivity index (χ1) is 6.81. The number of nitrogens with one attached hydrogen (secondary N) is 1. The predicted octanol–water partition coefficient (Wildman–Crippen LogP) is 1.56. The third kappa shape index (κ3) is 1.73. The first-order valence-electron chi connectivity index (χ1n) is 5.07. The molecule has 1 aliphatic rings. The fourth-order valence-corrected chi connectivity index (χ4v) is 2.01. The van der Waals surface area contributed by atoms with Gasteiger partial charge >= 0.3 is 0 Å². The minimum absolute atomic E-state index is 0.296. The van der Waals surface area contributed by atoms with Crippen LogP contribution in [0, 0.1) is 0 Å². The maximum Gasteiger partial charge on any atom is 0.141 e. The smallest absolute Gasteiger partial charge is 0.141 e.